The van der Waals surface area contributed by atoms with Gasteiger partial charge in [0.25, 0.3) is 0 Å². The number of rotatable bonds is 3. The van der Waals surface area contributed by atoms with Crippen molar-refractivity contribution >= 4 is 5.78 Å². The van der Waals surface area contributed by atoms with Crippen LogP contribution in [0.15, 0.2) is 12.1 Å². The van der Waals surface area contributed by atoms with Crippen molar-refractivity contribution in [3.63, 3.8) is 0 Å². The summed E-state index contributed by atoms with van der Waals surface area (Å²) in [7, 11) is 3.56. The standard InChI is InChI=1S/C19H20N4O3/c1-9-17(10(2)23(4)22-9)12-6-13-16(7-15(12)25-5)26-8-14-18(11(3)24)20-21-19(13)14/h6-7H,8H2,1-5H3,(H,20,21). The Balaban J connectivity index is 1.97. The molecule has 0 bridgehead atoms. The van der Waals surface area contributed by atoms with E-state index in [-0.39, 0.29) is 5.78 Å². The monoisotopic (exact) mass is 352 g/mol. The van der Waals surface area contributed by atoms with E-state index in [0.29, 0.717) is 23.8 Å². The number of carbonyl (C=O) groups excluding carboxylic acids is 1. The summed E-state index contributed by atoms with van der Waals surface area (Å²) < 4.78 is 13.4. The number of ether oxygens (including phenoxy) is 2. The van der Waals surface area contributed by atoms with E-state index in [1.807, 2.05) is 37.7 Å². The Morgan fingerprint density at radius 3 is 2.69 bits per heavy atom. The number of Topliss-reactive ketones (excluding diaryl/α,β-unsaturated/α-hetero) is 1. The molecule has 0 spiro atoms. The number of carbonyl (C=O) groups is 1. The van der Waals surface area contributed by atoms with E-state index in [2.05, 4.69) is 15.3 Å². The number of aryl methyl sites for hydroxylation is 2. The highest BCUT2D eigenvalue weighted by molar-refractivity contribution is 5.96. The molecule has 0 unspecified atom stereocenters. The van der Waals surface area contributed by atoms with Gasteiger partial charge in [0, 0.05) is 48.0 Å². The van der Waals surface area contributed by atoms with Crippen molar-refractivity contribution in [1.82, 2.24) is 20.0 Å². The van der Waals surface area contributed by atoms with Gasteiger partial charge in [0.1, 0.15) is 29.5 Å². The first-order chi connectivity index (χ1) is 12.4. The van der Waals surface area contributed by atoms with Crippen molar-refractivity contribution in [1.29, 1.82) is 0 Å². The molecule has 0 radical (unpaired) electrons. The van der Waals surface area contributed by atoms with Gasteiger partial charge in [-0.3, -0.25) is 14.6 Å². The Labute approximate surface area is 150 Å². The van der Waals surface area contributed by atoms with E-state index in [0.717, 1.165) is 39.3 Å². The van der Waals surface area contributed by atoms with Gasteiger partial charge in [-0.05, 0) is 19.9 Å². The highest BCUT2D eigenvalue weighted by Crippen LogP contribution is 2.45. The lowest BCUT2D eigenvalue weighted by atomic mass is 9.95. The number of fused-ring (bicyclic) bond motifs is 3. The second-order valence-electron chi connectivity index (χ2n) is 6.49. The average Bonchev–Trinajstić information content (AvgIpc) is 3.15. The topological polar surface area (TPSA) is 82.0 Å². The lowest BCUT2D eigenvalue weighted by molar-refractivity contribution is 0.101. The smallest absolute Gasteiger partial charge is 0.177 e. The van der Waals surface area contributed by atoms with Crippen LogP contribution in [0.3, 0.4) is 0 Å². The molecular weight excluding hydrogens is 332 g/mol. The number of hydrogen-bond donors (Lipinski definition) is 1. The van der Waals surface area contributed by atoms with E-state index >= 15 is 0 Å². The zero-order chi connectivity index (χ0) is 18.6. The van der Waals surface area contributed by atoms with Gasteiger partial charge in [-0.25, -0.2) is 0 Å². The number of nitrogens with zero attached hydrogens (tertiary/aromatic N) is 3. The molecule has 26 heavy (non-hydrogen) atoms. The van der Waals surface area contributed by atoms with Gasteiger partial charge in [-0.1, -0.05) is 0 Å². The fraction of sp³-hybridized carbons (Fsp3) is 0.316. The van der Waals surface area contributed by atoms with Gasteiger partial charge in [0.2, 0.25) is 0 Å². The third kappa shape index (κ3) is 2.23. The number of benzene rings is 1. The van der Waals surface area contributed by atoms with Crippen LogP contribution in [0.25, 0.3) is 22.4 Å². The molecular formula is C19H20N4O3. The Bertz CT molecular complexity index is 1050. The van der Waals surface area contributed by atoms with Gasteiger partial charge in [0.15, 0.2) is 5.78 Å². The molecule has 1 aromatic carbocycles. The maximum Gasteiger partial charge on any atom is 0.177 e. The molecule has 1 N–H and O–H groups in total. The largest absolute Gasteiger partial charge is 0.496 e. The molecule has 0 fully saturated rings. The molecule has 0 amide bonds. The van der Waals surface area contributed by atoms with Crippen molar-refractivity contribution in [2.75, 3.05) is 7.11 Å². The molecule has 2 aromatic heterocycles. The number of hydrogen-bond acceptors (Lipinski definition) is 5. The van der Waals surface area contributed by atoms with Crippen LogP contribution in [0.4, 0.5) is 0 Å². The molecule has 3 heterocycles. The molecule has 1 aliphatic heterocycles. The first-order valence-electron chi connectivity index (χ1n) is 8.36. The SMILES string of the molecule is COc1cc2c(cc1-c1c(C)nn(C)c1C)-c1n[nH]c(C(C)=O)c1CO2. The lowest BCUT2D eigenvalue weighted by Gasteiger charge is -2.20. The van der Waals surface area contributed by atoms with Crippen LogP contribution in [-0.2, 0) is 13.7 Å². The first-order valence-corrected chi connectivity index (χ1v) is 8.36. The number of aromatic nitrogens is 4. The number of ketones is 1. The molecule has 0 atom stereocenters. The summed E-state index contributed by atoms with van der Waals surface area (Å²) in [6, 6.07) is 3.88. The molecule has 7 nitrogen and oxygen atoms in total. The molecule has 4 rings (SSSR count). The molecule has 1 aliphatic rings. The van der Waals surface area contributed by atoms with Gasteiger partial charge >= 0.3 is 0 Å². The van der Waals surface area contributed by atoms with Crippen molar-refractivity contribution in [3.05, 3.63) is 34.8 Å². The van der Waals surface area contributed by atoms with E-state index in [1.54, 1.807) is 7.11 Å². The van der Waals surface area contributed by atoms with Crippen LogP contribution >= 0.6 is 0 Å². The summed E-state index contributed by atoms with van der Waals surface area (Å²) in [5.74, 6) is 1.35. The minimum atomic E-state index is -0.0570. The van der Waals surface area contributed by atoms with E-state index in [1.165, 1.54) is 6.92 Å². The maximum atomic E-state index is 11.8. The Kier molecular flexibility index (Phi) is 3.61. The van der Waals surface area contributed by atoms with Crippen LogP contribution in [0.5, 0.6) is 11.5 Å². The van der Waals surface area contributed by atoms with Crippen molar-refractivity contribution < 1.29 is 14.3 Å². The summed E-state index contributed by atoms with van der Waals surface area (Å²) in [6.45, 7) is 5.83. The fourth-order valence-corrected chi connectivity index (χ4v) is 3.56. The van der Waals surface area contributed by atoms with Gasteiger partial charge in [-0.15, -0.1) is 0 Å². The predicted octanol–water partition coefficient (Wildman–Crippen LogP) is 3.20. The van der Waals surface area contributed by atoms with Crippen molar-refractivity contribution in [2.45, 2.75) is 27.4 Å². The Morgan fingerprint density at radius 2 is 2.08 bits per heavy atom. The molecule has 7 heteroatoms. The van der Waals surface area contributed by atoms with E-state index in [4.69, 9.17) is 9.47 Å². The Hall–Kier alpha value is -3.09. The first kappa shape index (κ1) is 16.4. The van der Waals surface area contributed by atoms with Gasteiger partial charge in [-0.2, -0.15) is 10.2 Å². The Morgan fingerprint density at radius 1 is 1.31 bits per heavy atom. The summed E-state index contributed by atoms with van der Waals surface area (Å²) in [4.78, 5) is 11.8. The highest BCUT2D eigenvalue weighted by atomic mass is 16.5. The normalized spacial score (nSPS) is 12.3. The number of nitrogens with one attached hydrogen (secondary N) is 1. The summed E-state index contributed by atoms with van der Waals surface area (Å²) >= 11 is 0. The van der Waals surface area contributed by atoms with Crippen molar-refractivity contribution in [3.8, 4) is 33.9 Å². The zero-order valence-corrected chi connectivity index (χ0v) is 15.4. The summed E-state index contributed by atoms with van der Waals surface area (Å²) in [5, 5.41) is 11.7. The molecule has 3 aromatic rings. The van der Waals surface area contributed by atoms with Gasteiger partial charge in [0.05, 0.1) is 12.8 Å². The quantitative estimate of drug-likeness (QED) is 0.732. The van der Waals surface area contributed by atoms with Crippen molar-refractivity contribution in [2.24, 2.45) is 7.05 Å². The second-order valence-corrected chi connectivity index (χ2v) is 6.49. The summed E-state index contributed by atoms with van der Waals surface area (Å²) in [5.41, 5.74) is 6.81. The van der Waals surface area contributed by atoms with Crippen LogP contribution in [0.1, 0.15) is 34.4 Å². The number of methoxy groups -OCH3 is 1. The average molecular weight is 352 g/mol. The van der Waals surface area contributed by atoms with Crippen LogP contribution in [0, 0.1) is 13.8 Å². The maximum absolute atomic E-state index is 11.8. The minimum absolute atomic E-state index is 0.0570. The molecule has 0 aliphatic carbocycles. The highest BCUT2D eigenvalue weighted by Gasteiger charge is 2.28. The molecule has 0 saturated carbocycles. The van der Waals surface area contributed by atoms with Gasteiger partial charge < -0.3 is 9.47 Å². The third-order valence-electron chi connectivity index (χ3n) is 4.93. The number of H-pyrrole nitrogens is 1. The second kappa shape index (κ2) is 5.72. The van der Waals surface area contributed by atoms with Crippen LogP contribution in [-0.4, -0.2) is 32.9 Å². The molecule has 0 saturated heterocycles. The number of aromatic amines is 1. The summed E-state index contributed by atoms with van der Waals surface area (Å²) in [6.07, 6.45) is 0. The van der Waals surface area contributed by atoms with Crippen LogP contribution < -0.4 is 9.47 Å². The van der Waals surface area contributed by atoms with Crippen LogP contribution in [0.2, 0.25) is 0 Å². The minimum Gasteiger partial charge on any atom is -0.496 e. The zero-order valence-electron chi connectivity index (χ0n) is 15.4. The van der Waals surface area contributed by atoms with E-state index < -0.39 is 0 Å². The lowest BCUT2D eigenvalue weighted by Crippen LogP contribution is -2.08. The third-order valence-corrected chi connectivity index (χ3v) is 4.93. The fourth-order valence-electron chi connectivity index (χ4n) is 3.56. The predicted molar refractivity (Wildman–Crippen MR) is 96.6 cm³/mol. The van der Waals surface area contributed by atoms with E-state index in [9.17, 15) is 4.79 Å². The molecule has 134 valence electrons.